The Morgan fingerprint density at radius 2 is 1.57 bits per heavy atom. The third-order valence-corrected chi connectivity index (χ3v) is 10.3. The minimum Gasteiger partial charge on any atom is -0.497 e. The van der Waals surface area contributed by atoms with E-state index in [0.717, 1.165) is 41.1 Å². The van der Waals surface area contributed by atoms with Gasteiger partial charge in [-0.1, -0.05) is 79.1 Å². The van der Waals surface area contributed by atoms with Gasteiger partial charge >= 0.3 is 0 Å². The van der Waals surface area contributed by atoms with Crippen LogP contribution >= 0.6 is 0 Å². The van der Waals surface area contributed by atoms with Crippen LogP contribution in [0.15, 0.2) is 108 Å². The average molecular weight is 658 g/mol. The number of rotatable bonds is 13. The Morgan fingerprint density at radius 3 is 2.23 bits per heavy atom. The second kappa shape index (κ2) is 15.3. The highest BCUT2D eigenvalue weighted by molar-refractivity contribution is 7.92. The van der Waals surface area contributed by atoms with Crippen LogP contribution in [0.1, 0.15) is 42.4 Å². The van der Waals surface area contributed by atoms with Gasteiger partial charge in [-0.05, 0) is 67.3 Å². The van der Waals surface area contributed by atoms with Gasteiger partial charge in [0, 0.05) is 25.1 Å². The first-order valence-electron chi connectivity index (χ1n) is 15.8. The summed E-state index contributed by atoms with van der Waals surface area (Å²) in [5.74, 6) is -0.916. The van der Waals surface area contributed by atoms with E-state index in [1.54, 1.807) is 48.5 Å². The highest BCUT2D eigenvalue weighted by Crippen LogP contribution is 2.28. The van der Waals surface area contributed by atoms with Crippen LogP contribution < -0.4 is 14.4 Å². The number of benzene rings is 4. The summed E-state index contributed by atoms with van der Waals surface area (Å²) in [6, 6.07) is 27.0. The quantitative estimate of drug-likeness (QED) is 0.189. The first-order valence-corrected chi connectivity index (χ1v) is 17.2. The van der Waals surface area contributed by atoms with Crippen molar-refractivity contribution in [1.29, 1.82) is 0 Å². The molecule has 246 valence electrons. The molecule has 0 aliphatic heterocycles. The van der Waals surface area contributed by atoms with E-state index in [-0.39, 0.29) is 35.5 Å². The van der Waals surface area contributed by atoms with Crippen molar-refractivity contribution in [2.24, 2.45) is 0 Å². The van der Waals surface area contributed by atoms with E-state index < -0.39 is 34.3 Å². The molecule has 0 saturated heterocycles. The number of sulfonamides is 1. The lowest BCUT2D eigenvalue weighted by molar-refractivity contribution is -0.140. The maximum atomic E-state index is 14.6. The molecule has 1 N–H and O–H groups in total. The normalized spacial score (nSPS) is 13.9. The van der Waals surface area contributed by atoms with Gasteiger partial charge in [-0.25, -0.2) is 12.8 Å². The number of aryl methyl sites for hydroxylation is 1. The van der Waals surface area contributed by atoms with Crippen LogP contribution in [0.4, 0.5) is 10.1 Å². The molecule has 0 bridgehead atoms. The van der Waals surface area contributed by atoms with Crippen LogP contribution in [-0.4, -0.2) is 50.9 Å². The van der Waals surface area contributed by atoms with Crippen molar-refractivity contribution in [3.63, 3.8) is 0 Å². The number of carbonyl (C=O) groups excluding carboxylic acids is 2. The molecule has 10 heteroatoms. The second-order valence-corrected chi connectivity index (χ2v) is 13.7. The van der Waals surface area contributed by atoms with Gasteiger partial charge in [0.25, 0.3) is 10.0 Å². The fourth-order valence-electron chi connectivity index (χ4n) is 5.84. The minimum absolute atomic E-state index is 0.00116. The smallest absolute Gasteiger partial charge is 0.264 e. The van der Waals surface area contributed by atoms with E-state index in [0.29, 0.717) is 11.3 Å². The maximum Gasteiger partial charge on any atom is 0.264 e. The van der Waals surface area contributed by atoms with E-state index in [2.05, 4.69) is 5.32 Å². The van der Waals surface area contributed by atoms with Crippen molar-refractivity contribution in [1.82, 2.24) is 10.2 Å². The number of hydrogen-bond acceptors (Lipinski definition) is 5. The lowest BCUT2D eigenvalue weighted by Crippen LogP contribution is -2.54. The summed E-state index contributed by atoms with van der Waals surface area (Å²) in [6.45, 7) is 1.23. The molecule has 0 radical (unpaired) electrons. The van der Waals surface area contributed by atoms with Crippen molar-refractivity contribution in [3.8, 4) is 5.75 Å². The molecule has 5 rings (SSSR count). The van der Waals surface area contributed by atoms with Crippen LogP contribution in [0.3, 0.4) is 0 Å². The van der Waals surface area contributed by atoms with Crippen molar-refractivity contribution >= 4 is 27.5 Å². The number of methoxy groups -OCH3 is 1. The Labute approximate surface area is 276 Å². The topological polar surface area (TPSA) is 96.0 Å². The Kier molecular flexibility index (Phi) is 10.9. The summed E-state index contributed by atoms with van der Waals surface area (Å²) >= 11 is 0. The zero-order valence-electron chi connectivity index (χ0n) is 26.6. The number of halogens is 1. The monoisotopic (exact) mass is 657 g/mol. The van der Waals surface area contributed by atoms with Crippen molar-refractivity contribution in [3.05, 3.63) is 126 Å². The van der Waals surface area contributed by atoms with Crippen molar-refractivity contribution in [2.75, 3.05) is 18.0 Å². The molecule has 2 amide bonds. The standard InChI is InChI=1S/C37H40FN3O5S/c1-27-15-21-34(22-16-27)47(44,45)41(32-13-8-14-33(24-32)46-2)26-36(42)40(25-29-17-19-30(38)20-18-29)35(23-28-9-4-3-5-10-28)37(43)39-31-11-6-7-12-31/h3-5,8-10,13-22,24,31,35H,6-7,11-12,23,25-26H2,1-2H3,(H,39,43)/t35-/m0/s1. The minimum atomic E-state index is -4.25. The van der Waals surface area contributed by atoms with Crippen LogP contribution in [-0.2, 0) is 32.6 Å². The summed E-state index contributed by atoms with van der Waals surface area (Å²) in [5.41, 5.74) is 2.55. The molecule has 8 nitrogen and oxygen atoms in total. The molecule has 1 aliphatic carbocycles. The molecule has 0 heterocycles. The molecular weight excluding hydrogens is 617 g/mol. The number of hydrogen-bond donors (Lipinski definition) is 1. The molecular formula is C37H40FN3O5S. The third kappa shape index (κ3) is 8.56. The number of carbonyl (C=O) groups is 2. The van der Waals surface area contributed by atoms with E-state index in [1.807, 2.05) is 37.3 Å². The third-order valence-electron chi connectivity index (χ3n) is 8.47. The van der Waals surface area contributed by atoms with Gasteiger partial charge in [0.05, 0.1) is 17.7 Å². The van der Waals surface area contributed by atoms with Gasteiger partial charge in [-0.15, -0.1) is 0 Å². The summed E-state index contributed by atoms with van der Waals surface area (Å²) < 4.78 is 48.8. The number of nitrogens with one attached hydrogen (secondary N) is 1. The number of amides is 2. The second-order valence-electron chi connectivity index (χ2n) is 11.9. The van der Waals surface area contributed by atoms with E-state index in [1.165, 1.54) is 36.3 Å². The molecule has 0 spiro atoms. The van der Waals surface area contributed by atoms with E-state index in [4.69, 9.17) is 4.74 Å². The Morgan fingerprint density at radius 1 is 0.894 bits per heavy atom. The van der Waals surface area contributed by atoms with Gasteiger partial charge in [-0.2, -0.15) is 0 Å². The van der Waals surface area contributed by atoms with Crippen LogP contribution in [0.5, 0.6) is 5.75 Å². The maximum absolute atomic E-state index is 14.6. The SMILES string of the molecule is COc1cccc(N(CC(=O)N(Cc2ccc(F)cc2)[C@@H](Cc2ccccc2)C(=O)NC2CCCC2)S(=O)(=O)c2ccc(C)cc2)c1. The van der Waals surface area contributed by atoms with Gasteiger partial charge in [-0.3, -0.25) is 13.9 Å². The first-order chi connectivity index (χ1) is 22.6. The summed E-state index contributed by atoms with van der Waals surface area (Å²) in [4.78, 5) is 30.1. The van der Waals surface area contributed by atoms with Gasteiger partial charge < -0.3 is 15.0 Å². The molecule has 4 aromatic rings. The Balaban J connectivity index is 1.57. The summed E-state index contributed by atoms with van der Waals surface area (Å²) in [6.07, 6.45) is 3.94. The number of anilines is 1. The van der Waals surface area contributed by atoms with Gasteiger partial charge in [0.2, 0.25) is 11.8 Å². The van der Waals surface area contributed by atoms with Crippen LogP contribution in [0.2, 0.25) is 0 Å². The molecule has 0 aromatic heterocycles. The first kappa shape index (κ1) is 33.7. The predicted molar refractivity (Wildman–Crippen MR) is 180 cm³/mol. The molecule has 47 heavy (non-hydrogen) atoms. The van der Waals surface area contributed by atoms with E-state index >= 15 is 0 Å². The van der Waals surface area contributed by atoms with Gasteiger partial charge in [0.1, 0.15) is 24.2 Å². The average Bonchev–Trinajstić information content (AvgIpc) is 3.59. The Bertz CT molecular complexity index is 1760. The summed E-state index contributed by atoms with van der Waals surface area (Å²) in [7, 11) is -2.77. The van der Waals surface area contributed by atoms with Crippen LogP contribution in [0, 0.1) is 12.7 Å². The summed E-state index contributed by atoms with van der Waals surface area (Å²) in [5, 5.41) is 3.15. The van der Waals surface area contributed by atoms with Crippen molar-refractivity contribution < 1.29 is 27.1 Å². The lowest BCUT2D eigenvalue weighted by Gasteiger charge is -2.34. The van der Waals surface area contributed by atoms with E-state index in [9.17, 15) is 22.4 Å². The largest absolute Gasteiger partial charge is 0.497 e. The Hall–Kier alpha value is -4.70. The van der Waals surface area contributed by atoms with Gasteiger partial charge in [0.15, 0.2) is 0 Å². The molecule has 1 aliphatic rings. The highest BCUT2D eigenvalue weighted by Gasteiger charge is 2.35. The molecule has 1 fully saturated rings. The van der Waals surface area contributed by atoms with Crippen molar-refractivity contribution in [2.45, 2.75) is 62.6 Å². The predicted octanol–water partition coefficient (Wildman–Crippen LogP) is 6.04. The molecule has 1 saturated carbocycles. The fraction of sp³-hybridized carbons (Fsp3) is 0.297. The zero-order valence-corrected chi connectivity index (χ0v) is 27.5. The molecule has 0 unspecified atom stereocenters. The van der Waals surface area contributed by atoms with Crippen LogP contribution in [0.25, 0.3) is 0 Å². The zero-order chi connectivity index (χ0) is 33.4. The number of nitrogens with zero attached hydrogens (tertiary/aromatic N) is 2. The molecule has 4 aromatic carbocycles. The number of ether oxygens (including phenoxy) is 1. The highest BCUT2D eigenvalue weighted by atomic mass is 32.2. The molecule has 1 atom stereocenters. The fourth-order valence-corrected chi connectivity index (χ4v) is 7.25. The lowest BCUT2D eigenvalue weighted by atomic mass is 10.0.